The first-order chi connectivity index (χ1) is 25.6. The fourth-order valence-electron chi connectivity index (χ4n) is 8.08. The normalized spacial score (nSPS) is 13.0. The van der Waals surface area contributed by atoms with Crippen LogP contribution in [-0.2, 0) is 6.42 Å². The Labute approximate surface area is 303 Å². The van der Waals surface area contributed by atoms with Crippen LogP contribution in [0.5, 0.6) is 0 Å². The van der Waals surface area contributed by atoms with Crippen molar-refractivity contribution in [2.75, 3.05) is 0 Å². The van der Waals surface area contributed by atoms with Crippen molar-refractivity contribution in [3.8, 4) is 22.9 Å². The molecular formula is C48H38N4. The van der Waals surface area contributed by atoms with Gasteiger partial charge in [0, 0.05) is 38.4 Å². The molecule has 5 aromatic carbocycles. The van der Waals surface area contributed by atoms with Gasteiger partial charge < -0.3 is 4.57 Å². The van der Waals surface area contributed by atoms with Crippen molar-refractivity contribution in [1.29, 1.82) is 0 Å². The Morgan fingerprint density at radius 1 is 0.673 bits per heavy atom. The third kappa shape index (κ3) is 4.83. The van der Waals surface area contributed by atoms with Gasteiger partial charge in [-0.05, 0) is 97.5 Å². The average molecular weight is 671 g/mol. The zero-order valence-corrected chi connectivity index (χ0v) is 29.5. The highest BCUT2D eigenvalue weighted by Gasteiger charge is 2.22. The zero-order chi connectivity index (χ0) is 35.3. The minimum atomic E-state index is 0.614. The molecule has 3 heterocycles. The molecule has 52 heavy (non-hydrogen) atoms. The molecule has 0 N–H and O–H groups in total. The lowest BCUT2D eigenvalue weighted by Crippen LogP contribution is -2.05. The predicted octanol–water partition coefficient (Wildman–Crippen LogP) is 12.6. The summed E-state index contributed by atoms with van der Waals surface area (Å²) in [6, 6.07) is 35.0. The van der Waals surface area contributed by atoms with Crippen molar-refractivity contribution in [2.24, 2.45) is 0 Å². The van der Waals surface area contributed by atoms with Gasteiger partial charge in [-0.25, -0.2) is 9.97 Å². The fourth-order valence-corrected chi connectivity index (χ4v) is 8.08. The van der Waals surface area contributed by atoms with E-state index < -0.39 is 0 Å². The van der Waals surface area contributed by atoms with Crippen molar-refractivity contribution in [3.63, 3.8) is 0 Å². The smallest absolute Gasteiger partial charge is 0.235 e. The second-order valence-electron chi connectivity index (χ2n) is 13.3. The Morgan fingerprint density at radius 3 is 2.29 bits per heavy atom. The van der Waals surface area contributed by atoms with Crippen LogP contribution < -0.4 is 0 Å². The summed E-state index contributed by atoms with van der Waals surface area (Å²) in [4.78, 5) is 10.7. The van der Waals surface area contributed by atoms with Gasteiger partial charge in [0.05, 0.1) is 33.5 Å². The number of para-hydroxylation sites is 2. The predicted molar refractivity (Wildman–Crippen MR) is 223 cm³/mol. The lowest BCUT2D eigenvalue weighted by molar-refractivity contribution is 0.972. The third-order valence-corrected chi connectivity index (χ3v) is 10.4. The number of allylic oxidation sites excluding steroid dienone is 3. The maximum absolute atomic E-state index is 5.43. The van der Waals surface area contributed by atoms with E-state index in [9.17, 15) is 0 Å². The van der Waals surface area contributed by atoms with Crippen LogP contribution in [0.2, 0.25) is 0 Å². The van der Waals surface area contributed by atoms with Crippen molar-refractivity contribution in [1.82, 2.24) is 19.1 Å². The van der Waals surface area contributed by atoms with E-state index in [0.29, 0.717) is 5.95 Å². The summed E-state index contributed by atoms with van der Waals surface area (Å²) in [5.74, 6) is 0.614. The number of aryl methyl sites for hydroxylation is 1. The van der Waals surface area contributed by atoms with E-state index in [1.54, 1.807) is 0 Å². The van der Waals surface area contributed by atoms with Gasteiger partial charge in [0.25, 0.3) is 0 Å². The van der Waals surface area contributed by atoms with Gasteiger partial charge in [-0.1, -0.05) is 110 Å². The van der Waals surface area contributed by atoms with E-state index >= 15 is 0 Å². The summed E-state index contributed by atoms with van der Waals surface area (Å²) >= 11 is 0. The number of hydrogen-bond acceptors (Lipinski definition) is 2. The van der Waals surface area contributed by atoms with Gasteiger partial charge in [0.1, 0.15) is 0 Å². The molecule has 0 atom stereocenters. The highest BCUT2D eigenvalue weighted by Crippen LogP contribution is 2.39. The summed E-state index contributed by atoms with van der Waals surface area (Å²) in [5, 5.41) is 4.52. The van der Waals surface area contributed by atoms with Crippen LogP contribution in [-0.4, -0.2) is 19.1 Å². The van der Waals surface area contributed by atoms with Crippen LogP contribution in [0.15, 0.2) is 128 Å². The number of aromatic nitrogens is 4. The molecule has 4 nitrogen and oxygen atoms in total. The van der Waals surface area contributed by atoms with E-state index in [-0.39, 0.29) is 0 Å². The molecule has 0 amide bonds. The molecule has 0 fully saturated rings. The maximum atomic E-state index is 5.43. The lowest BCUT2D eigenvalue weighted by Gasteiger charge is -2.15. The van der Waals surface area contributed by atoms with Crippen LogP contribution in [0.1, 0.15) is 53.8 Å². The topological polar surface area (TPSA) is 35.6 Å². The van der Waals surface area contributed by atoms with Crippen LogP contribution in [0, 0.1) is 0 Å². The second kappa shape index (κ2) is 12.7. The van der Waals surface area contributed by atoms with Gasteiger partial charge in [0.15, 0.2) is 0 Å². The van der Waals surface area contributed by atoms with Crippen molar-refractivity contribution in [3.05, 3.63) is 162 Å². The maximum Gasteiger partial charge on any atom is 0.235 e. The van der Waals surface area contributed by atoms with E-state index in [0.717, 1.165) is 68.3 Å². The number of hydrogen-bond donors (Lipinski definition) is 0. The van der Waals surface area contributed by atoms with Crippen LogP contribution in [0.25, 0.3) is 96.9 Å². The van der Waals surface area contributed by atoms with Crippen LogP contribution in [0.3, 0.4) is 0 Å². The molecule has 4 heteroatoms. The molecule has 0 saturated heterocycles. The van der Waals surface area contributed by atoms with Gasteiger partial charge in [0.2, 0.25) is 5.95 Å². The minimum absolute atomic E-state index is 0.614. The highest BCUT2D eigenvalue weighted by molar-refractivity contribution is 6.11. The SMILES string of the molecule is C=Cc1ccc2c(c(C=C)c(/C=C\C)n2-c2nc(-c3ccc4c(c3)c3ccccc3n4-c3ccc4c(c3)CCC=C4)c3ccccc3n2)c1/C=C\C. The van der Waals surface area contributed by atoms with Crippen molar-refractivity contribution < 1.29 is 0 Å². The molecule has 0 unspecified atom stereocenters. The quantitative estimate of drug-likeness (QED) is 0.169. The van der Waals surface area contributed by atoms with Gasteiger partial charge in [-0.15, -0.1) is 0 Å². The Balaban J connectivity index is 1.31. The molecule has 0 aliphatic heterocycles. The van der Waals surface area contributed by atoms with Crippen molar-refractivity contribution in [2.45, 2.75) is 26.7 Å². The Hall–Kier alpha value is -6.52. The van der Waals surface area contributed by atoms with Gasteiger partial charge in [-0.2, -0.15) is 0 Å². The minimum Gasteiger partial charge on any atom is -0.309 e. The van der Waals surface area contributed by atoms with Crippen molar-refractivity contribution >= 4 is 74.0 Å². The lowest BCUT2D eigenvalue weighted by atomic mass is 9.97. The molecule has 8 aromatic rings. The van der Waals surface area contributed by atoms with E-state index in [2.05, 4.69) is 150 Å². The Kier molecular flexibility index (Phi) is 7.66. The second-order valence-corrected chi connectivity index (χ2v) is 13.3. The van der Waals surface area contributed by atoms with Crippen LogP contribution >= 0.6 is 0 Å². The summed E-state index contributed by atoms with van der Waals surface area (Å²) in [6.07, 6.45) is 18.9. The number of rotatable bonds is 7. The molecule has 0 spiro atoms. The summed E-state index contributed by atoms with van der Waals surface area (Å²) in [6.45, 7) is 12.4. The Bertz CT molecular complexity index is 2850. The molecule has 0 saturated carbocycles. The zero-order valence-electron chi connectivity index (χ0n) is 29.5. The molecule has 1 aliphatic carbocycles. The number of fused-ring (bicyclic) bond motifs is 6. The molecule has 1 aliphatic rings. The first-order valence-electron chi connectivity index (χ1n) is 18.0. The first-order valence-corrected chi connectivity index (χ1v) is 18.0. The summed E-state index contributed by atoms with van der Waals surface area (Å²) in [7, 11) is 0. The average Bonchev–Trinajstić information content (AvgIpc) is 3.69. The first kappa shape index (κ1) is 31.5. The third-order valence-electron chi connectivity index (χ3n) is 10.4. The van der Waals surface area contributed by atoms with E-state index in [1.165, 1.54) is 38.6 Å². The standard InChI is InChI=1S/C48H38N4/c1-5-15-37-31(7-3)24-28-45-46(37)36(8-4)42(16-6-2)52(45)48-49-41-21-13-11-20-39(41)47(50-48)34-25-27-44-40(30-34)38-19-12-14-22-43(38)51(44)35-26-23-32-17-9-10-18-33(32)29-35/h5-9,11-17,19-30H,3-4,10,18H2,1-2H3/b15-5-,16-6-. The number of benzene rings is 5. The molecular weight excluding hydrogens is 633 g/mol. The summed E-state index contributed by atoms with van der Waals surface area (Å²) in [5.41, 5.74) is 14.3. The highest BCUT2D eigenvalue weighted by atomic mass is 15.2. The molecule has 9 rings (SSSR count). The van der Waals surface area contributed by atoms with Crippen LogP contribution in [0.4, 0.5) is 0 Å². The molecule has 3 aromatic heterocycles. The molecule has 0 bridgehead atoms. The largest absolute Gasteiger partial charge is 0.309 e. The molecule has 0 radical (unpaired) electrons. The van der Waals surface area contributed by atoms with Gasteiger partial charge >= 0.3 is 0 Å². The van der Waals surface area contributed by atoms with E-state index in [4.69, 9.17) is 9.97 Å². The molecule has 250 valence electrons. The monoisotopic (exact) mass is 670 g/mol. The fraction of sp³-hybridized carbons (Fsp3) is 0.0833. The number of nitrogens with zero attached hydrogens (tertiary/aromatic N) is 4. The van der Waals surface area contributed by atoms with Gasteiger partial charge in [-0.3, -0.25) is 4.57 Å². The van der Waals surface area contributed by atoms with E-state index in [1.807, 2.05) is 32.1 Å². The summed E-state index contributed by atoms with van der Waals surface area (Å²) < 4.78 is 4.58. The Morgan fingerprint density at radius 2 is 1.46 bits per heavy atom.